The zero-order valence-electron chi connectivity index (χ0n) is 10.1. The summed E-state index contributed by atoms with van der Waals surface area (Å²) >= 11 is 7.72. The van der Waals surface area contributed by atoms with Crippen LogP contribution in [-0.2, 0) is 7.05 Å². The molecule has 0 atom stereocenters. The summed E-state index contributed by atoms with van der Waals surface area (Å²) in [7, 11) is 1.90. The molecule has 3 N–H and O–H groups in total. The third-order valence-electron chi connectivity index (χ3n) is 2.42. The van der Waals surface area contributed by atoms with Gasteiger partial charge in [0.25, 0.3) is 0 Å². The van der Waals surface area contributed by atoms with Crippen molar-refractivity contribution in [2.45, 2.75) is 16.8 Å². The van der Waals surface area contributed by atoms with Crippen molar-refractivity contribution in [1.82, 2.24) is 9.78 Å². The van der Waals surface area contributed by atoms with E-state index in [0.29, 0.717) is 10.6 Å². The highest BCUT2D eigenvalue weighted by Gasteiger charge is 2.09. The van der Waals surface area contributed by atoms with Gasteiger partial charge in [0.15, 0.2) is 0 Å². The second-order valence-corrected chi connectivity index (χ2v) is 5.38. The van der Waals surface area contributed by atoms with Crippen LogP contribution in [-0.4, -0.2) is 15.6 Å². The van der Waals surface area contributed by atoms with Crippen LogP contribution in [0.1, 0.15) is 11.3 Å². The summed E-state index contributed by atoms with van der Waals surface area (Å²) < 4.78 is 1.81. The molecular formula is C12H13ClN4S. The summed E-state index contributed by atoms with van der Waals surface area (Å²) in [4.78, 5) is 0.921. The number of benzene rings is 1. The van der Waals surface area contributed by atoms with E-state index in [-0.39, 0.29) is 5.84 Å². The van der Waals surface area contributed by atoms with Gasteiger partial charge >= 0.3 is 0 Å². The number of hydrogen-bond donors (Lipinski definition) is 2. The Bertz CT molecular complexity index is 606. The van der Waals surface area contributed by atoms with Gasteiger partial charge in [0, 0.05) is 17.5 Å². The molecule has 0 spiro atoms. The van der Waals surface area contributed by atoms with Gasteiger partial charge in [-0.3, -0.25) is 10.1 Å². The molecule has 0 aliphatic heterocycles. The normalized spacial score (nSPS) is 10.6. The Labute approximate surface area is 115 Å². The van der Waals surface area contributed by atoms with Crippen LogP contribution in [0.3, 0.4) is 0 Å². The summed E-state index contributed by atoms with van der Waals surface area (Å²) in [6, 6.07) is 7.36. The molecule has 1 aromatic heterocycles. The quantitative estimate of drug-likeness (QED) is 0.671. The number of nitrogens with zero attached hydrogens (tertiary/aromatic N) is 2. The Kier molecular flexibility index (Phi) is 3.63. The molecule has 1 aromatic carbocycles. The molecule has 0 radical (unpaired) electrons. The molecule has 0 saturated carbocycles. The molecule has 94 valence electrons. The van der Waals surface area contributed by atoms with Crippen LogP contribution in [0.5, 0.6) is 0 Å². The molecular weight excluding hydrogens is 268 g/mol. The summed E-state index contributed by atoms with van der Waals surface area (Å²) in [5, 5.41) is 13.2. The number of halogens is 1. The van der Waals surface area contributed by atoms with Crippen LogP contribution in [0.25, 0.3) is 0 Å². The van der Waals surface area contributed by atoms with Gasteiger partial charge in [-0.25, -0.2) is 0 Å². The monoisotopic (exact) mass is 280 g/mol. The maximum Gasteiger partial charge on any atom is 0.122 e. The lowest BCUT2D eigenvalue weighted by Gasteiger charge is -2.06. The summed E-state index contributed by atoms with van der Waals surface area (Å²) in [5.74, 6) is 0.0184. The highest BCUT2D eigenvalue weighted by molar-refractivity contribution is 7.99. The highest BCUT2D eigenvalue weighted by Crippen LogP contribution is 2.33. The molecule has 0 saturated heterocycles. The van der Waals surface area contributed by atoms with Crippen molar-refractivity contribution in [3.8, 4) is 0 Å². The molecule has 0 unspecified atom stereocenters. The van der Waals surface area contributed by atoms with Gasteiger partial charge in [-0.1, -0.05) is 29.4 Å². The minimum Gasteiger partial charge on any atom is -0.384 e. The first-order chi connectivity index (χ1) is 8.47. The van der Waals surface area contributed by atoms with Crippen molar-refractivity contribution in [2.24, 2.45) is 12.8 Å². The first-order valence-corrected chi connectivity index (χ1v) is 6.49. The van der Waals surface area contributed by atoms with Crippen LogP contribution in [0.2, 0.25) is 5.02 Å². The van der Waals surface area contributed by atoms with Crippen LogP contribution < -0.4 is 5.73 Å². The molecule has 6 heteroatoms. The maximum absolute atomic E-state index is 7.36. The highest BCUT2D eigenvalue weighted by atomic mass is 35.5. The molecule has 1 heterocycles. The van der Waals surface area contributed by atoms with Gasteiger partial charge in [-0.15, -0.1) is 0 Å². The fourth-order valence-corrected chi connectivity index (χ4v) is 2.76. The average molecular weight is 281 g/mol. The molecule has 0 fully saturated rings. The lowest BCUT2D eigenvalue weighted by atomic mass is 10.2. The van der Waals surface area contributed by atoms with Gasteiger partial charge in [0.05, 0.1) is 15.7 Å². The summed E-state index contributed by atoms with van der Waals surface area (Å²) in [6.07, 6.45) is 0. The molecule has 18 heavy (non-hydrogen) atoms. The Morgan fingerprint density at radius 2 is 2.17 bits per heavy atom. The Hall–Kier alpha value is -1.46. The molecule has 0 amide bonds. The predicted molar refractivity (Wildman–Crippen MR) is 74.5 cm³/mol. The molecule has 0 bridgehead atoms. The van der Waals surface area contributed by atoms with E-state index in [4.69, 9.17) is 22.7 Å². The predicted octanol–water partition coefficient (Wildman–Crippen LogP) is 2.82. The van der Waals surface area contributed by atoms with E-state index in [9.17, 15) is 0 Å². The van der Waals surface area contributed by atoms with E-state index in [1.165, 1.54) is 11.8 Å². The molecule has 2 aromatic rings. The number of nitrogen functional groups attached to an aromatic ring is 1. The number of aryl methyl sites for hydroxylation is 2. The third kappa shape index (κ3) is 2.68. The Balaban J connectivity index is 2.30. The van der Waals surface area contributed by atoms with Crippen molar-refractivity contribution >= 4 is 29.2 Å². The van der Waals surface area contributed by atoms with Gasteiger partial charge < -0.3 is 5.73 Å². The smallest absolute Gasteiger partial charge is 0.122 e. The van der Waals surface area contributed by atoms with Crippen molar-refractivity contribution in [3.63, 3.8) is 0 Å². The minimum absolute atomic E-state index is 0.0184. The van der Waals surface area contributed by atoms with Gasteiger partial charge in [0.2, 0.25) is 0 Å². The third-order valence-corrected chi connectivity index (χ3v) is 4.01. The summed E-state index contributed by atoms with van der Waals surface area (Å²) in [6.45, 7) is 1.95. The van der Waals surface area contributed by atoms with E-state index in [1.807, 2.05) is 30.8 Å². The average Bonchev–Trinajstić information content (AvgIpc) is 2.60. The molecule has 4 nitrogen and oxygen atoms in total. The van der Waals surface area contributed by atoms with Crippen molar-refractivity contribution in [2.75, 3.05) is 0 Å². The topological polar surface area (TPSA) is 67.7 Å². The number of hydrogen-bond acceptors (Lipinski definition) is 3. The van der Waals surface area contributed by atoms with Gasteiger partial charge in [-0.05, 0) is 25.1 Å². The second-order valence-electron chi connectivity index (χ2n) is 3.91. The first kappa shape index (κ1) is 13.0. The zero-order valence-corrected chi connectivity index (χ0v) is 11.6. The van der Waals surface area contributed by atoms with E-state index in [2.05, 4.69) is 5.10 Å². The Morgan fingerprint density at radius 1 is 1.44 bits per heavy atom. The van der Waals surface area contributed by atoms with E-state index >= 15 is 0 Å². The molecule has 0 aliphatic carbocycles. The van der Waals surface area contributed by atoms with Crippen molar-refractivity contribution in [3.05, 3.63) is 40.5 Å². The number of rotatable bonds is 3. The Morgan fingerprint density at radius 3 is 2.67 bits per heavy atom. The standard InChI is InChI=1S/C12H13ClN4S/c1-7-5-11(17(2)16-7)18-10-4-3-8(12(14)15)6-9(10)13/h3-6H,1-2H3,(H3,14,15). The minimum atomic E-state index is 0.0184. The largest absolute Gasteiger partial charge is 0.384 e. The number of nitrogens with two attached hydrogens (primary N) is 1. The van der Waals surface area contributed by atoms with Crippen molar-refractivity contribution < 1.29 is 0 Å². The van der Waals surface area contributed by atoms with Gasteiger partial charge in [0.1, 0.15) is 5.84 Å². The van der Waals surface area contributed by atoms with E-state index in [1.54, 1.807) is 12.1 Å². The van der Waals surface area contributed by atoms with Gasteiger partial charge in [-0.2, -0.15) is 5.10 Å². The number of nitrogens with one attached hydrogen (secondary N) is 1. The van der Waals surface area contributed by atoms with Crippen LogP contribution in [0, 0.1) is 12.3 Å². The fraction of sp³-hybridized carbons (Fsp3) is 0.167. The SMILES string of the molecule is Cc1cc(Sc2ccc(C(=N)N)cc2Cl)n(C)n1. The number of amidine groups is 1. The van der Waals surface area contributed by atoms with E-state index < -0.39 is 0 Å². The van der Waals surface area contributed by atoms with Crippen LogP contribution in [0.4, 0.5) is 0 Å². The van der Waals surface area contributed by atoms with Crippen LogP contribution >= 0.6 is 23.4 Å². The lowest BCUT2D eigenvalue weighted by molar-refractivity contribution is 0.692. The zero-order chi connectivity index (χ0) is 13.3. The molecule has 0 aliphatic rings. The van der Waals surface area contributed by atoms with Crippen molar-refractivity contribution in [1.29, 1.82) is 5.41 Å². The second kappa shape index (κ2) is 5.04. The van der Waals surface area contributed by atoms with Crippen LogP contribution in [0.15, 0.2) is 34.2 Å². The number of aromatic nitrogens is 2. The first-order valence-electron chi connectivity index (χ1n) is 5.30. The lowest BCUT2D eigenvalue weighted by Crippen LogP contribution is -2.10. The maximum atomic E-state index is 7.36. The summed E-state index contributed by atoms with van der Waals surface area (Å²) in [5.41, 5.74) is 7.02. The fourth-order valence-electron chi connectivity index (χ4n) is 1.55. The molecule has 2 rings (SSSR count). The van der Waals surface area contributed by atoms with E-state index in [0.717, 1.165) is 15.6 Å².